The summed E-state index contributed by atoms with van der Waals surface area (Å²) in [7, 11) is 0. The van der Waals surface area contributed by atoms with Crippen LogP contribution in [-0.4, -0.2) is 12.1 Å². The predicted octanol–water partition coefficient (Wildman–Crippen LogP) is 2.95. The summed E-state index contributed by atoms with van der Waals surface area (Å²) in [5, 5.41) is 0. The van der Waals surface area contributed by atoms with E-state index in [2.05, 4.69) is 32.0 Å². The highest BCUT2D eigenvalue weighted by atomic mass is 16.5. The van der Waals surface area contributed by atoms with Gasteiger partial charge in [-0.1, -0.05) is 18.6 Å². The van der Waals surface area contributed by atoms with Crippen LogP contribution in [0.4, 0.5) is 0 Å². The molecule has 1 fully saturated rings. The van der Waals surface area contributed by atoms with Crippen molar-refractivity contribution >= 4 is 0 Å². The minimum atomic E-state index is 0.202. The smallest absolute Gasteiger partial charge is 0.122 e. The summed E-state index contributed by atoms with van der Waals surface area (Å²) in [5.74, 6) is 1.00. The highest BCUT2D eigenvalue weighted by Crippen LogP contribution is 2.26. The first kappa shape index (κ1) is 11.5. The number of nitrogens with two attached hydrogens (primary N) is 1. The third kappa shape index (κ3) is 2.56. The molecule has 0 amide bonds. The Morgan fingerprint density at radius 2 is 1.94 bits per heavy atom. The average Bonchev–Trinajstić information content (AvgIpc) is 2.27. The number of ether oxygens (including phenoxy) is 1. The fourth-order valence-electron chi connectivity index (χ4n) is 2.27. The molecule has 16 heavy (non-hydrogen) atoms. The SMILES string of the molecule is Cc1ccc(C)c(OC2CCCCC2N)c1. The van der Waals surface area contributed by atoms with Crippen molar-refractivity contribution in [3.05, 3.63) is 29.3 Å². The van der Waals surface area contributed by atoms with Crippen LogP contribution in [0.5, 0.6) is 5.75 Å². The van der Waals surface area contributed by atoms with Crippen molar-refractivity contribution in [1.82, 2.24) is 0 Å². The standard InChI is InChI=1S/C14H21NO/c1-10-7-8-11(2)14(9-10)16-13-6-4-3-5-12(13)15/h7-9,12-13H,3-6,15H2,1-2H3. The number of aryl methyl sites for hydroxylation is 2. The Bertz CT molecular complexity index is 362. The molecule has 0 saturated heterocycles. The molecule has 1 aliphatic rings. The van der Waals surface area contributed by atoms with E-state index in [0.29, 0.717) is 0 Å². The third-order valence-electron chi connectivity index (χ3n) is 3.38. The van der Waals surface area contributed by atoms with E-state index in [1.807, 2.05) is 0 Å². The molecule has 0 aromatic heterocycles. The van der Waals surface area contributed by atoms with Crippen LogP contribution in [0.15, 0.2) is 18.2 Å². The van der Waals surface area contributed by atoms with Crippen LogP contribution in [0.1, 0.15) is 36.8 Å². The second kappa shape index (κ2) is 4.88. The minimum absolute atomic E-state index is 0.202. The quantitative estimate of drug-likeness (QED) is 0.830. The molecule has 1 aromatic carbocycles. The first-order valence-electron chi connectivity index (χ1n) is 6.16. The van der Waals surface area contributed by atoms with E-state index in [-0.39, 0.29) is 12.1 Å². The highest BCUT2D eigenvalue weighted by Gasteiger charge is 2.23. The van der Waals surface area contributed by atoms with Crippen LogP contribution in [-0.2, 0) is 0 Å². The average molecular weight is 219 g/mol. The van der Waals surface area contributed by atoms with Crippen LogP contribution >= 0.6 is 0 Å². The summed E-state index contributed by atoms with van der Waals surface area (Å²) < 4.78 is 6.05. The molecule has 0 aliphatic heterocycles. The van der Waals surface area contributed by atoms with E-state index >= 15 is 0 Å². The van der Waals surface area contributed by atoms with Gasteiger partial charge < -0.3 is 10.5 Å². The molecule has 2 rings (SSSR count). The molecule has 1 saturated carbocycles. The summed E-state index contributed by atoms with van der Waals surface area (Å²) in [4.78, 5) is 0. The van der Waals surface area contributed by atoms with Gasteiger partial charge in [-0.15, -0.1) is 0 Å². The van der Waals surface area contributed by atoms with E-state index in [4.69, 9.17) is 10.5 Å². The van der Waals surface area contributed by atoms with Crippen LogP contribution in [0.3, 0.4) is 0 Å². The van der Waals surface area contributed by atoms with Gasteiger partial charge in [-0.2, -0.15) is 0 Å². The van der Waals surface area contributed by atoms with Gasteiger partial charge in [-0.05, 0) is 50.3 Å². The Labute approximate surface area is 97.8 Å². The van der Waals surface area contributed by atoms with Gasteiger partial charge in [0.2, 0.25) is 0 Å². The lowest BCUT2D eigenvalue weighted by Gasteiger charge is -2.29. The Balaban J connectivity index is 2.10. The number of hydrogen-bond donors (Lipinski definition) is 1. The Morgan fingerprint density at radius 1 is 1.19 bits per heavy atom. The minimum Gasteiger partial charge on any atom is -0.489 e. The highest BCUT2D eigenvalue weighted by molar-refractivity contribution is 5.36. The van der Waals surface area contributed by atoms with Gasteiger partial charge in [-0.25, -0.2) is 0 Å². The first-order valence-corrected chi connectivity index (χ1v) is 6.16. The van der Waals surface area contributed by atoms with Crippen LogP contribution in [0, 0.1) is 13.8 Å². The zero-order valence-electron chi connectivity index (χ0n) is 10.2. The van der Waals surface area contributed by atoms with Crippen molar-refractivity contribution in [3.8, 4) is 5.75 Å². The molecule has 1 aromatic rings. The van der Waals surface area contributed by atoms with Gasteiger partial charge in [0.1, 0.15) is 11.9 Å². The normalized spacial score (nSPS) is 25.4. The number of benzene rings is 1. The maximum absolute atomic E-state index is 6.09. The molecule has 0 radical (unpaired) electrons. The molecule has 0 spiro atoms. The summed E-state index contributed by atoms with van der Waals surface area (Å²) in [5.41, 5.74) is 8.53. The second-order valence-electron chi connectivity index (χ2n) is 4.87. The van der Waals surface area contributed by atoms with Gasteiger partial charge in [0.15, 0.2) is 0 Å². The first-order chi connectivity index (χ1) is 7.66. The molecule has 2 unspecified atom stereocenters. The number of hydrogen-bond acceptors (Lipinski definition) is 2. The molecule has 0 bridgehead atoms. The van der Waals surface area contributed by atoms with Crippen molar-refractivity contribution in [1.29, 1.82) is 0 Å². The van der Waals surface area contributed by atoms with Gasteiger partial charge in [0.25, 0.3) is 0 Å². The molecule has 2 N–H and O–H groups in total. The maximum Gasteiger partial charge on any atom is 0.122 e. The number of rotatable bonds is 2. The summed E-state index contributed by atoms with van der Waals surface area (Å²) in [6, 6.07) is 6.53. The molecule has 2 nitrogen and oxygen atoms in total. The van der Waals surface area contributed by atoms with E-state index in [9.17, 15) is 0 Å². The van der Waals surface area contributed by atoms with Gasteiger partial charge in [-0.3, -0.25) is 0 Å². The molecule has 0 heterocycles. The summed E-state index contributed by atoms with van der Waals surface area (Å²) in [6.45, 7) is 4.18. The molecular weight excluding hydrogens is 198 g/mol. The van der Waals surface area contributed by atoms with E-state index in [1.165, 1.54) is 24.0 Å². The van der Waals surface area contributed by atoms with Crippen molar-refractivity contribution in [2.24, 2.45) is 5.73 Å². The van der Waals surface area contributed by atoms with E-state index in [0.717, 1.165) is 18.6 Å². The molecule has 88 valence electrons. The molecule has 2 atom stereocenters. The third-order valence-corrected chi connectivity index (χ3v) is 3.38. The molecular formula is C14H21NO. The van der Waals surface area contributed by atoms with Crippen molar-refractivity contribution in [2.45, 2.75) is 51.7 Å². The van der Waals surface area contributed by atoms with Gasteiger partial charge >= 0.3 is 0 Å². The lowest BCUT2D eigenvalue weighted by Crippen LogP contribution is -2.41. The van der Waals surface area contributed by atoms with E-state index in [1.54, 1.807) is 0 Å². The Hall–Kier alpha value is -1.02. The Morgan fingerprint density at radius 3 is 2.69 bits per heavy atom. The van der Waals surface area contributed by atoms with Crippen molar-refractivity contribution < 1.29 is 4.74 Å². The summed E-state index contributed by atoms with van der Waals surface area (Å²) in [6.07, 6.45) is 4.87. The van der Waals surface area contributed by atoms with Crippen LogP contribution in [0.2, 0.25) is 0 Å². The van der Waals surface area contributed by atoms with Crippen LogP contribution in [0.25, 0.3) is 0 Å². The van der Waals surface area contributed by atoms with E-state index < -0.39 is 0 Å². The molecule has 2 heteroatoms. The predicted molar refractivity (Wildman–Crippen MR) is 66.8 cm³/mol. The Kier molecular flexibility index (Phi) is 3.49. The lowest BCUT2D eigenvalue weighted by molar-refractivity contribution is 0.131. The van der Waals surface area contributed by atoms with Crippen molar-refractivity contribution in [3.63, 3.8) is 0 Å². The monoisotopic (exact) mass is 219 g/mol. The zero-order chi connectivity index (χ0) is 11.5. The largest absolute Gasteiger partial charge is 0.489 e. The lowest BCUT2D eigenvalue weighted by atomic mass is 9.93. The fourth-order valence-corrected chi connectivity index (χ4v) is 2.27. The fraction of sp³-hybridized carbons (Fsp3) is 0.571. The zero-order valence-corrected chi connectivity index (χ0v) is 10.2. The van der Waals surface area contributed by atoms with Gasteiger partial charge in [0, 0.05) is 6.04 Å². The summed E-state index contributed by atoms with van der Waals surface area (Å²) >= 11 is 0. The topological polar surface area (TPSA) is 35.2 Å². The van der Waals surface area contributed by atoms with Crippen LogP contribution < -0.4 is 10.5 Å². The second-order valence-corrected chi connectivity index (χ2v) is 4.87. The molecule has 1 aliphatic carbocycles. The maximum atomic E-state index is 6.09. The van der Waals surface area contributed by atoms with Gasteiger partial charge in [0.05, 0.1) is 0 Å². The van der Waals surface area contributed by atoms with Crippen molar-refractivity contribution in [2.75, 3.05) is 0 Å².